The molecule has 0 radical (unpaired) electrons. The lowest BCUT2D eigenvalue weighted by molar-refractivity contribution is -0.384. The Morgan fingerprint density at radius 3 is 2.04 bits per heavy atom. The van der Waals surface area contributed by atoms with E-state index < -0.39 is 11.1 Å². The summed E-state index contributed by atoms with van der Waals surface area (Å²) < 4.78 is 25.4. The Morgan fingerprint density at radius 1 is 0.962 bits per heavy atom. The number of nitrogens with zero attached hydrogens (tertiary/aromatic N) is 1. The second-order valence-corrected chi connectivity index (χ2v) is 4.74. The zero-order valence-corrected chi connectivity index (χ0v) is 14.3. The molecule has 0 bridgehead atoms. The highest BCUT2D eigenvalue weighted by atomic mass is 16.7. The van der Waals surface area contributed by atoms with Gasteiger partial charge in [-0.2, -0.15) is 0 Å². The molecule has 0 aliphatic rings. The molecule has 26 heavy (non-hydrogen) atoms. The summed E-state index contributed by atoms with van der Waals surface area (Å²) in [4.78, 5) is 21.4. The third-order valence-corrected chi connectivity index (χ3v) is 2.83. The van der Waals surface area contributed by atoms with Crippen LogP contribution in [0.5, 0.6) is 5.75 Å². The van der Waals surface area contributed by atoms with Gasteiger partial charge in [-0.25, -0.2) is 4.79 Å². The van der Waals surface area contributed by atoms with Gasteiger partial charge in [0, 0.05) is 18.6 Å². The normalized spacial score (nSPS) is 10.1. The summed E-state index contributed by atoms with van der Waals surface area (Å²) in [5.41, 5.74) is -0.0968. The minimum atomic E-state index is -0.914. The van der Waals surface area contributed by atoms with E-state index in [4.69, 9.17) is 30.1 Å². The van der Waals surface area contributed by atoms with Crippen LogP contribution >= 0.6 is 0 Å². The zero-order chi connectivity index (χ0) is 19.0. The van der Waals surface area contributed by atoms with Crippen LogP contribution in [0, 0.1) is 22.5 Å². The second-order valence-electron chi connectivity index (χ2n) is 4.74. The van der Waals surface area contributed by atoms with Gasteiger partial charge >= 0.3 is 6.16 Å². The topological polar surface area (TPSA) is 106 Å². The van der Waals surface area contributed by atoms with Crippen LogP contribution in [-0.4, -0.2) is 57.3 Å². The summed E-state index contributed by atoms with van der Waals surface area (Å²) in [5, 5.41) is 10.5. The van der Waals surface area contributed by atoms with Crippen molar-refractivity contribution in [2.45, 2.75) is 6.42 Å². The molecule has 9 nitrogen and oxygen atoms in total. The van der Waals surface area contributed by atoms with Crippen molar-refractivity contribution < 1.29 is 33.4 Å². The maximum absolute atomic E-state index is 11.4. The molecule has 0 heterocycles. The first-order valence-electron chi connectivity index (χ1n) is 7.89. The molecule has 0 saturated carbocycles. The predicted octanol–water partition coefficient (Wildman–Crippen LogP) is 2.18. The standard InChI is InChI=1S/C17H21NO8/c1-2-3-8-22-9-10-23-11-12-24-13-14-25-17(19)26-16-6-4-15(5-7-16)18(20)21/h1,4-7H,3,8-14H2. The molecule has 0 aliphatic carbocycles. The van der Waals surface area contributed by atoms with Crippen molar-refractivity contribution in [1.29, 1.82) is 0 Å². The Morgan fingerprint density at radius 2 is 1.50 bits per heavy atom. The van der Waals surface area contributed by atoms with Gasteiger partial charge in [-0.3, -0.25) is 10.1 Å². The summed E-state index contributed by atoms with van der Waals surface area (Å²) >= 11 is 0. The summed E-state index contributed by atoms with van der Waals surface area (Å²) in [6.45, 7) is 2.39. The van der Waals surface area contributed by atoms with E-state index in [2.05, 4.69) is 5.92 Å². The van der Waals surface area contributed by atoms with E-state index in [1.54, 1.807) is 0 Å². The minimum absolute atomic E-state index is 0.0149. The second kappa shape index (κ2) is 13.6. The number of non-ortho nitro benzene ring substituents is 1. The fourth-order valence-corrected chi connectivity index (χ4v) is 1.62. The van der Waals surface area contributed by atoms with Gasteiger partial charge in [-0.05, 0) is 12.1 Å². The summed E-state index contributed by atoms with van der Waals surface area (Å²) in [5.74, 6) is 2.62. The van der Waals surface area contributed by atoms with Crippen LogP contribution in [0.15, 0.2) is 24.3 Å². The van der Waals surface area contributed by atoms with Crippen LogP contribution in [0.25, 0.3) is 0 Å². The Balaban J connectivity index is 1.97. The molecule has 0 unspecified atom stereocenters. The highest BCUT2D eigenvalue weighted by Crippen LogP contribution is 2.17. The number of nitro benzene ring substituents is 1. The molecule has 142 valence electrons. The van der Waals surface area contributed by atoms with E-state index in [1.165, 1.54) is 24.3 Å². The van der Waals surface area contributed by atoms with Crippen molar-refractivity contribution in [2.24, 2.45) is 0 Å². The van der Waals surface area contributed by atoms with E-state index in [0.29, 0.717) is 39.5 Å². The van der Waals surface area contributed by atoms with Crippen LogP contribution < -0.4 is 4.74 Å². The first-order valence-corrected chi connectivity index (χ1v) is 7.89. The van der Waals surface area contributed by atoms with Crippen molar-refractivity contribution in [2.75, 3.05) is 46.2 Å². The molecule has 1 aromatic rings. The molecule has 0 fully saturated rings. The van der Waals surface area contributed by atoms with Crippen LogP contribution in [0.3, 0.4) is 0 Å². The quantitative estimate of drug-likeness (QED) is 0.130. The number of ether oxygens (including phenoxy) is 5. The highest BCUT2D eigenvalue weighted by Gasteiger charge is 2.09. The maximum Gasteiger partial charge on any atom is 0.513 e. The number of terminal acetylenes is 1. The number of benzene rings is 1. The number of carbonyl (C=O) groups is 1. The lowest BCUT2D eigenvalue weighted by Gasteiger charge is -2.07. The van der Waals surface area contributed by atoms with Crippen LogP contribution in [0.4, 0.5) is 10.5 Å². The monoisotopic (exact) mass is 367 g/mol. The molecule has 1 aromatic carbocycles. The predicted molar refractivity (Wildman–Crippen MR) is 91.0 cm³/mol. The van der Waals surface area contributed by atoms with Gasteiger partial charge in [-0.15, -0.1) is 12.3 Å². The maximum atomic E-state index is 11.4. The largest absolute Gasteiger partial charge is 0.513 e. The first-order chi connectivity index (χ1) is 12.6. The van der Waals surface area contributed by atoms with Crippen molar-refractivity contribution in [3.05, 3.63) is 34.4 Å². The summed E-state index contributed by atoms with van der Waals surface area (Å²) in [6, 6.07) is 5.07. The SMILES string of the molecule is C#CCCOCCOCCOCCOC(=O)Oc1ccc([N+](=O)[O-])cc1. The molecule has 0 atom stereocenters. The number of nitro groups is 1. The first kappa shape index (κ1) is 21.4. The number of hydrogen-bond donors (Lipinski definition) is 0. The lowest BCUT2D eigenvalue weighted by atomic mass is 10.3. The summed E-state index contributed by atoms with van der Waals surface area (Å²) in [6.07, 6.45) is 4.75. The molecule has 0 aromatic heterocycles. The average molecular weight is 367 g/mol. The van der Waals surface area contributed by atoms with Gasteiger partial charge in [-0.1, -0.05) is 0 Å². The Hall–Kier alpha value is -2.67. The van der Waals surface area contributed by atoms with Gasteiger partial charge in [0.25, 0.3) is 5.69 Å². The van der Waals surface area contributed by atoms with E-state index in [9.17, 15) is 14.9 Å². The van der Waals surface area contributed by atoms with Crippen molar-refractivity contribution in [1.82, 2.24) is 0 Å². The zero-order valence-electron chi connectivity index (χ0n) is 14.3. The molecule has 0 amide bonds. The number of carbonyl (C=O) groups excluding carboxylic acids is 1. The third kappa shape index (κ3) is 10.2. The Labute approximate surface area is 151 Å². The van der Waals surface area contributed by atoms with Gasteiger partial charge in [0.15, 0.2) is 0 Å². The summed E-state index contributed by atoms with van der Waals surface area (Å²) in [7, 11) is 0. The van der Waals surface area contributed by atoms with E-state index in [0.717, 1.165) is 0 Å². The van der Waals surface area contributed by atoms with Gasteiger partial charge in [0.1, 0.15) is 12.4 Å². The number of rotatable bonds is 13. The molecular weight excluding hydrogens is 346 g/mol. The average Bonchev–Trinajstić information content (AvgIpc) is 2.63. The Kier molecular flexibility index (Phi) is 11.2. The van der Waals surface area contributed by atoms with Crippen LogP contribution in [-0.2, 0) is 18.9 Å². The highest BCUT2D eigenvalue weighted by molar-refractivity contribution is 5.63. The van der Waals surface area contributed by atoms with Crippen LogP contribution in [0.2, 0.25) is 0 Å². The van der Waals surface area contributed by atoms with Crippen molar-refractivity contribution >= 4 is 11.8 Å². The molecule has 0 N–H and O–H groups in total. The van der Waals surface area contributed by atoms with Crippen LogP contribution in [0.1, 0.15) is 6.42 Å². The molecule has 0 aliphatic heterocycles. The molecular formula is C17H21NO8. The molecule has 0 spiro atoms. The van der Waals surface area contributed by atoms with E-state index >= 15 is 0 Å². The third-order valence-electron chi connectivity index (χ3n) is 2.83. The lowest BCUT2D eigenvalue weighted by Crippen LogP contribution is -2.16. The fourth-order valence-electron chi connectivity index (χ4n) is 1.62. The van der Waals surface area contributed by atoms with Gasteiger partial charge < -0.3 is 23.7 Å². The van der Waals surface area contributed by atoms with Crippen molar-refractivity contribution in [3.8, 4) is 18.1 Å². The van der Waals surface area contributed by atoms with Gasteiger partial charge in [0.05, 0.1) is 44.6 Å². The Bertz CT molecular complexity index is 581. The van der Waals surface area contributed by atoms with E-state index in [1.807, 2.05) is 0 Å². The smallest absolute Gasteiger partial charge is 0.432 e. The van der Waals surface area contributed by atoms with Crippen molar-refractivity contribution in [3.63, 3.8) is 0 Å². The molecule has 1 rings (SSSR count). The number of hydrogen-bond acceptors (Lipinski definition) is 8. The minimum Gasteiger partial charge on any atom is -0.432 e. The molecule has 9 heteroatoms. The molecule has 0 saturated heterocycles. The van der Waals surface area contributed by atoms with E-state index in [-0.39, 0.29) is 24.7 Å². The van der Waals surface area contributed by atoms with Gasteiger partial charge in [0.2, 0.25) is 0 Å². The fraction of sp³-hybridized carbons (Fsp3) is 0.471.